The Bertz CT molecular complexity index is 720. The molecule has 0 fully saturated rings. The van der Waals surface area contributed by atoms with Crippen molar-refractivity contribution in [3.63, 3.8) is 0 Å². The van der Waals surface area contributed by atoms with Crippen LogP contribution < -0.4 is 10.5 Å². The van der Waals surface area contributed by atoms with Gasteiger partial charge in [0, 0.05) is 8.22 Å². The molecule has 0 aliphatic heterocycles. The lowest BCUT2D eigenvalue weighted by atomic mass is 10.1. The molecule has 0 aromatic heterocycles. The molecule has 2 heteroatoms. The largest absolute Gasteiger partial charge is 0.496 e. The van der Waals surface area contributed by atoms with Crippen LogP contribution in [0.4, 0.5) is 0 Å². The van der Waals surface area contributed by atoms with Gasteiger partial charge in [0.05, 0.1) is 15.3 Å². The zero-order valence-electron chi connectivity index (χ0n) is 19.3. The van der Waals surface area contributed by atoms with Gasteiger partial charge in [-0.2, -0.15) is 0 Å². The van der Waals surface area contributed by atoms with Gasteiger partial charge in [0.15, 0.2) is 0 Å². The quantitative estimate of drug-likeness (QED) is 0.742. The lowest BCUT2D eigenvalue weighted by Gasteiger charge is -2.08. The lowest BCUT2D eigenvalue weighted by molar-refractivity contribution is 0.410. The number of nitrogens with two attached hydrogens (primary N) is 1. The third-order valence-electron chi connectivity index (χ3n) is 1.39. The Morgan fingerprint density at radius 1 is 1.93 bits per heavy atom. The average Bonchev–Trinajstić information content (AvgIpc) is 2.48. The molecule has 0 spiro atoms. The first-order chi connectivity index (χ1) is 11.6. The van der Waals surface area contributed by atoms with Crippen molar-refractivity contribution >= 4 is 0 Å². The smallest absolute Gasteiger partial charge is 0.122 e. The van der Waals surface area contributed by atoms with Gasteiger partial charge in [-0.05, 0) is 36.4 Å². The van der Waals surface area contributed by atoms with Crippen molar-refractivity contribution in [1.29, 1.82) is 0 Å². The Morgan fingerprint density at radius 3 is 3.57 bits per heavy atom. The van der Waals surface area contributed by atoms with E-state index in [9.17, 15) is 0 Å². The second-order valence-electron chi connectivity index (χ2n) is 2.21. The van der Waals surface area contributed by atoms with Crippen LogP contribution in [0.25, 0.3) is 0 Å². The molecule has 0 atom stereocenters. The van der Waals surface area contributed by atoms with E-state index in [0.717, 1.165) is 6.07 Å². The minimum absolute atomic E-state index is 0.569. The Morgan fingerprint density at radius 2 is 2.86 bits per heavy atom. The first kappa shape index (κ1) is 2.86. The normalized spacial score (nSPS) is 24.9. The summed E-state index contributed by atoms with van der Waals surface area (Å²) in [4.78, 5) is 0. The van der Waals surface area contributed by atoms with Crippen LogP contribution in [-0.2, 0) is 12.7 Å². The van der Waals surface area contributed by atoms with Gasteiger partial charge >= 0.3 is 0 Å². The van der Waals surface area contributed by atoms with Gasteiger partial charge in [0.2, 0.25) is 0 Å². The van der Waals surface area contributed by atoms with E-state index in [-0.39, 0.29) is 0 Å². The molecule has 1 aromatic rings. The lowest BCUT2D eigenvalue weighted by Crippen LogP contribution is -2.03. The molecule has 0 aliphatic carbocycles. The molecule has 0 heterocycles. The fraction of sp³-hybridized carbons (Fsp3) is 0.333. The van der Waals surface area contributed by atoms with Crippen LogP contribution in [0.3, 0.4) is 0 Å². The second-order valence-corrected chi connectivity index (χ2v) is 2.21. The van der Waals surface area contributed by atoms with Gasteiger partial charge in [-0.3, -0.25) is 0 Å². The van der Waals surface area contributed by atoms with Crippen molar-refractivity contribution in [1.82, 2.24) is 0 Å². The first-order valence-electron chi connectivity index (χ1n) is 9.82. The molecule has 0 radical (unpaired) electrons. The second kappa shape index (κ2) is 5.45. The Kier molecular flexibility index (Phi) is 1.11. The maximum absolute atomic E-state index is 8.00. The van der Waals surface area contributed by atoms with Crippen molar-refractivity contribution in [3.8, 4) is 5.75 Å². The molecule has 1 rings (SSSR count). The third-order valence-corrected chi connectivity index (χ3v) is 1.39. The van der Waals surface area contributed by atoms with Crippen molar-refractivity contribution in [3.05, 3.63) is 41.9 Å². The first-order valence-corrected chi connectivity index (χ1v) is 3.61. The molecule has 1 aromatic carbocycles. The average molecular weight is 203 g/mol. The highest BCUT2D eigenvalue weighted by Crippen LogP contribution is 2.21. The number of ether oxygens (including phenoxy) is 1. The third kappa shape index (κ3) is 2.60. The van der Waals surface area contributed by atoms with Crippen LogP contribution in [-0.4, -0.2) is 13.6 Å². The molecule has 76 valence electrons. The molecule has 0 amide bonds. The minimum Gasteiger partial charge on any atom is -0.496 e. The maximum Gasteiger partial charge on any atom is 0.122 e. The van der Waals surface area contributed by atoms with Crippen molar-refractivity contribution in [2.75, 3.05) is 13.6 Å². The van der Waals surface area contributed by atoms with E-state index >= 15 is 0 Å². The standard InChI is InChI=1S/C12H17NO/c1-3-4-11-6-5-10(7-8-13)9-12(11)14-2/h3,5-6,9H,1,4,7-8,13H2,2H3/i1D2,2D,3D,4D2,5D,6D,7D2,8D2. The molecule has 0 bridgehead atoms. The van der Waals surface area contributed by atoms with Gasteiger partial charge in [-0.1, -0.05) is 18.1 Å². The zero-order chi connectivity index (χ0) is 20.7. The summed E-state index contributed by atoms with van der Waals surface area (Å²) in [6.07, 6.45) is -5.84. The summed E-state index contributed by atoms with van der Waals surface area (Å²) in [5.41, 5.74) is 3.76. The SMILES string of the molecule is [2H]COc1cc(C([2H])([2H])C([2H])([2H])N)c([2H])c([2H])c1C([2H])([2H])C([2H])=C([2H])[2H]. The molecule has 0 saturated heterocycles. The number of methoxy groups -OCH3 is 1. The number of hydrogen-bond acceptors (Lipinski definition) is 2. The van der Waals surface area contributed by atoms with Crippen LogP contribution in [0.1, 0.15) is 27.6 Å². The summed E-state index contributed by atoms with van der Waals surface area (Å²) >= 11 is 0. The van der Waals surface area contributed by atoms with Crippen LogP contribution in [0.5, 0.6) is 5.75 Å². The summed E-state index contributed by atoms with van der Waals surface area (Å²) in [7, 11) is -0.774. The molecule has 0 saturated carbocycles. The molecule has 0 unspecified atom stereocenters. The fourth-order valence-electron chi connectivity index (χ4n) is 0.845. The summed E-state index contributed by atoms with van der Waals surface area (Å²) in [6, 6.07) is -2.17. The highest BCUT2D eigenvalue weighted by atomic mass is 16.5. The minimum atomic E-state index is -2.94. The summed E-state index contributed by atoms with van der Waals surface area (Å²) in [5, 5.41) is 0. The Balaban J connectivity index is 3.89. The predicted molar refractivity (Wildman–Crippen MR) is 59.7 cm³/mol. The van der Waals surface area contributed by atoms with Crippen LogP contribution >= 0.6 is 0 Å². The van der Waals surface area contributed by atoms with E-state index in [1.54, 1.807) is 0 Å². The Hall–Kier alpha value is -1.28. The monoisotopic (exact) mass is 203 g/mol. The number of allylic oxidation sites excluding steroid dienone is 1. The van der Waals surface area contributed by atoms with Gasteiger partial charge < -0.3 is 10.5 Å². The van der Waals surface area contributed by atoms with Crippen molar-refractivity contribution in [2.24, 2.45) is 5.73 Å². The summed E-state index contributed by atoms with van der Waals surface area (Å²) in [6.45, 7) is -4.11. The summed E-state index contributed by atoms with van der Waals surface area (Å²) < 4.78 is 96.1. The molecule has 0 aliphatic rings. The number of aryl methyl sites for hydroxylation is 1. The molecule has 2 nitrogen and oxygen atoms in total. The highest BCUT2D eigenvalue weighted by Gasteiger charge is 2.02. The van der Waals surface area contributed by atoms with Crippen LogP contribution in [0, 0.1) is 0 Å². The van der Waals surface area contributed by atoms with Gasteiger partial charge in [0.1, 0.15) is 5.75 Å². The van der Waals surface area contributed by atoms with E-state index in [0.29, 0.717) is 0 Å². The van der Waals surface area contributed by atoms with Gasteiger partial charge in [-0.25, -0.2) is 0 Å². The molecular weight excluding hydrogens is 174 g/mol. The molecule has 14 heavy (non-hydrogen) atoms. The number of benzene rings is 1. The highest BCUT2D eigenvalue weighted by molar-refractivity contribution is 5.38. The van der Waals surface area contributed by atoms with Crippen molar-refractivity contribution in [2.45, 2.75) is 12.7 Å². The molecule has 2 N–H and O–H groups in total. The number of rotatable bonds is 5. The van der Waals surface area contributed by atoms with E-state index < -0.39 is 67.9 Å². The van der Waals surface area contributed by atoms with Crippen molar-refractivity contribution < 1.29 is 21.2 Å². The van der Waals surface area contributed by atoms with Crippen LogP contribution in [0.2, 0.25) is 0 Å². The maximum atomic E-state index is 8.00. The van der Waals surface area contributed by atoms with Gasteiger partial charge in [0.25, 0.3) is 0 Å². The van der Waals surface area contributed by atoms with E-state index in [2.05, 4.69) is 0 Å². The zero-order valence-corrected chi connectivity index (χ0v) is 7.27. The topological polar surface area (TPSA) is 35.2 Å². The molecular formula is C12H17NO. The van der Waals surface area contributed by atoms with E-state index in [1.807, 2.05) is 0 Å². The predicted octanol–water partition coefficient (Wildman–Crippen LogP) is 1.92. The fourth-order valence-corrected chi connectivity index (χ4v) is 0.845. The summed E-state index contributed by atoms with van der Waals surface area (Å²) in [5.74, 6) is -0.569. The van der Waals surface area contributed by atoms with E-state index in [4.69, 9.17) is 26.9 Å². The Labute approximate surface area is 102 Å². The van der Waals surface area contributed by atoms with E-state index in [1.165, 1.54) is 0 Å². The number of hydrogen-bond donors (Lipinski definition) is 1. The van der Waals surface area contributed by atoms with Crippen LogP contribution in [0.15, 0.2) is 30.7 Å². The van der Waals surface area contributed by atoms with Gasteiger partial charge in [-0.15, -0.1) is 6.53 Å².